The van der Waals surface area contributed by atoms with Gasteiger partial charge in [-0.15, -0.1) is 0 Å². The molecule has 3 aromatic rings. The second-order valence-electron chi connectivity index (χ2n) is 7.63. The lowest BCUT2D eigenvalue weighted by atomic mass is 9.86. The lowest BCUT2D eigenvalue weighted by molar-refractivity contribution is 0.0552. The summed E-state index contributed by atoms with van der Waals surface area (Å²) in [5.74, 6) is 1.20. The number of nitrogens with one attached hydrogen (secondary N) is 1. The van der Waals surface area contributed by atoms with Crippen LogP contribution in [0.3, 0.4) is 0 Å². The molecule has 2 unspecified atom stereocenters. The van der Waals surface area contributed by atoms with Gasteiger partial charge in [0.15, 0.2) is 11.5 Å². The van der Waals surface area contributed by atoms with E-state index in [1.54, 1.807) is 26.4 Å². The maximum absolute atomic E-state index is 13.0. The monoisotopic (exact) mass is 436 g/mol. The van der Waals surface area contributed by atoms with Gasteiger partial charge in [-0.2, -0.15) is 0 Å². The predicted molar refractivity (Wildman–Crippen MR) is 122 cm³/mol. The van der Waals surface area contributed by atoms with Crippen LogP contribution in [0.1, 0.15) is 40.0 Å². The largest absolute Gasteiger partial charge is 0.493 e. The normalized spacial score (nSPS) is 18.2. The van der Waals surface area contributed by atoms with Gasteiger partial charge in [-0.25, -0.2) is 5.01 Å². The molecule has 0 aliphatic carbocycles. The minimum absolute atomic E-state index is 0.0437. The number of carbonyl (C=O) groups is 1. The number of ether oxygens (including phenoxy) is 2. The Kier molecular flexibility index (Phi) is 6.16. The van der Waals surface area contributed by atoms with Crippen LogP contribution < -0.4 is 14.9 Å². The molecule has 5 nitrogen and oxygen atoms in total. The third-order valence-corrected chi connectivity index (χ3v) is 5.87. The van der Waals surface area contributed by atoms with Crippen LogP contribution in [0.2, 0.25) is 5.02 Å². The summed E-state index contributed by atoms with van der Waals surface area (Å²) in [5.41, 5.74) is 6.94. The van der Waals surface area contributed by atoms with E-state index >= 15 is 0 Å². The van der Waals surface area contributed by atoms with Gasteiger partial charge in [-0.3, -0.25) is 10.2 Å². The van der Waals surface area contributed by atoms with Crippen molar-refractivity contribution in [1.29, 1.82) is 0 Å². The van der Waals surface area contributed by atoms with Crippen LogP contribution in [0.25, 0.3) is 0 Å². The summed E-state index contributed by atoms with van der Waals surface area (Å²) in [7, 11) is 3.26. The number of hydrazine groups is 1. The third-order valence-electron chi connectivity index (χ3n) is 5.64. The summed E-state index contributed by atoms with van der Waals surface area (Å²) >= 11 is 6.33. The molecule has 0 saturated carbocycles. The fourth-order valence-corrected chi connectivity index (χ4v) is 4.35. The van der Waals surface area contributed by atoms with Crippen molar-refractivity contribution in [3.8, 4) is 11.5 Å². The Labute approximate surface area is 187 Å². The lowest BCUT2D eigenvalue weighted by Gasteiger charge is -2.42. The molecule has 6 heteroatoms. The Morgan fingerprint density at radius 3 is 2.39 bits per heavy atom. The predicted octanol–water partition coefficient (Wildman–Crippen LogP) is 5.04. The number of carbonyl (C=O) groups excluding carboxylic acids is 1. The van der Waals surface area contributed by atoms with E-state index in [-0.39, 0.29) is 18.0 Å². The van der Waals surface area contributed by atoms with Gasteiger partial charge in [0.2, 0.25) is 0 Å². The second-order valence-corrected chi connectivity index (χ2v) is 8.07. The van der Waals surface area contributed by atoms with E-state index in [4.69, 9.17) is 21.1 Å². The van der Waals surface area contributed by atoms with Crippen LogP contribution in [-0.4, -0.2) is 31.2 Å². The lowest BCUT2D eigenvalue weighted by Crippen LogP contribution is -2.52. The van der Waals surface area contributed by atoms with E-state index < -0.39 is 0 Å². The summed E-state index contributed by atoms with van der Waals surface area (Å²) in [4.78, 5) is 13.0. The van der Waals surface area contributed by atoms with Crippen LogP contribution >= 0.6 is 11.6 Å². The molecule has 0 spiro atoms. The Morgan fingerprint density at radius 1 is 1.00 bits per heavy atom. The number of amides is 1. The van der Waals surface area contributed by atoms with Gasteiger partial charge in [0.05, 0.1) is 20.3 Å². The first kappa shape index (κ1) is 21.2. The SMILES string of the molecule is COc1cc2c(cc1OC)C(c1cccc(Cl)c1)N(NC(=O)c1ccccc1)C(C)C2. The summed E-state index contributed by atoms with van der Waals surface area (Å²) in [6, 6.07) is 20.8. The highest BCUT2D eigenvalue weighted by atomic mass is 35.5. The smallest absolute Gasteiger partial charge is 0.265 e. The number of hydrogen-bond acceptors (Lipinski definition) is 4. The van der Waals surface area contributed by atoms with Crippen molar-refractivity contribution in [3.63, 3.8) is 0 Å². The standard InChI is InChI=1S/C25H25ClN2O3/c1-16-12-19-14-22(30-2)23(31-3)15-21(19)24(18-10-7-11-20(26)13-18)28(16)27-25(29)17-8-5-4-6-9-17/h4-11,13-16,24H,12H2,1-3H3,(H,27,29). The molecule has 4 rings (SSSR count). The first-order valence-corrected chi connectivity index (χ1v) is 10.5. The van der Waals surface area contributed by atoms with Crippen LogP contribution in [0, 0.1) is 0 Å². The molecule has 160 valence electrons. The zero-order chi connectivity index (χ0) is 22.0. The molecule has 0 bridgehead atoms. The molecule has 3 aromatic carbocycles. The van der Waals surface area contributed by atoms with Crippen molar-refractivity contribution in [1.82, 2.24) is 10.4 Å². The Hall–Kier alpha value is -3.02. The average molecular weight is 437 g/mol. The number of fused-ring (bicyclic) bond motifs is 1. The van der Waals surface area contributed by atoms with Crippen molar-refractivity contribution >= 4 is 17.5 Å². The summed E-state index contributed by atoms with van der Waals surface area (Å²) < 4.78 is 11.1. The zero-order valence-electron chi connectivity index (χ0n) is 17.8. The molecular formula is C25H25ClN2O3. The average Bonchev–Trinajstić information content (AvgIpc) is 2.79. The van der Waals surface area contributed by atoms with Crippen LogP contribution in [0.4, 0.5) is 0 Å². The van der Waals surface area contributed by atoms with E-state index in [1.165, 1.54) is 0 Å². The fraction of sp³-hybridized carbons (Fsp3) is 0.240. The van der Waals surface area contributed by atoms with Crippen molar-refractivity contribution in [2.75, 3.05) is 14.2 Å². The van der Waals surface area contributed by atoms with Crippen molar-refractivity contribution in [2.24, 2.45) is 0 Å². The minimum Gasteiger partial charge on any atom is -0.493 e. The van der Waals surface area contributed by atoms with E-state index in [2.05, 4.69) is 12.3 Å². The van der Waals surface area contributed by atoms with E-state index in [0.717, 1.165) is 23.1 Å². The quantitative estimate of drug-likeness (QED) is 0.608. The van der Waals surface area contributed by atoms with Crippen molar-refractivity contribution in [3.05, 3.63) is 94.0 Å². The number of rotatable bonds is 5. The van der Waals surface area contributed by atoms with Crippen LogP contribution in [0.5, 0.6) is 11.5 Å². The molecule has 0 fully saturated rings. The number of halogens is 1. The number of methoxy groups -OCH3 is 2. The zero-order valence-corrected chi connectivity index (χ0v) is 18.5. The van der Waals surface area contributed by atoms with Crippen LogP contribution in [-0.2, 0) is 6.42 Å². The molecule has 1 N–H and O–H groups in total. The van der Waals surface area contributed by atoms with Crippen LogP contribution in [0.15, 0.2) is 66.7 Å². The summed E-state index contributed by atoms with van der Waals surface area (Å²) in [6.45, 7) is 2.10. The summed E-state index contributed by atoms with van der Waals surface area (Å²) in [5, 5.41) is 2.65. The van der Waals surface area contributed by atoms with Gasteiger partial charge in [0, 0.05) is 16.6 Å². The third kappa shape index (κ3) is 4.24. The first-order valence-electron chi connectivity index (χ1n) is 10.2. The molecule has 1 aliphatic heterocycles. The maximum Gasteiger partial charge on any atom is 0.265 e. The topological polar surface area (TPSA) is 50.8 Å². The van der Waals surface area contributed by atoms with Gasteiger partial charge in [0.1, 0.15) is 0 Å². The van der Waals surface area contributed by atoms with E-state index in [1.807, 2.05) is 59.6 Å². The van der Waals surface area contributed by atoms with Gasteiger partial charge >= 0.3 is 0 Å². The number of benzene rings is 3. The molecule has 2 atom stereocenters. The molecule has 1 heterocycles. The molecular weight excluding hydrogens is 412 g/mol. The van der Waals surface area contributed by atoms with Crippen molar-refractivity contribution in [2.45, 2.75) is 25.4 Å². The Bertz CT molecular complexity index is 1090. The van der Waals surface area contributed by atoms with Gasteiger partial charge in [-0.1, -0.05) is 41.9 Å². The maximum atomic E-state index is 13.0. The molecule has 1 aliphatic rings. The number of nitrogens with zero attached hydrogens (tertiary/aromatic N) is 1. The second kappa shape index (κ2) is 9.00. The highest BCUT2D eigenvalue weighted by Gasteiger charge is 2.36. The van der Waals surface area contributed by atoms with Gasteiger partial charge in [-0.05, 0) is 66.4 Å². The van der Waals surface area contributed by atoms with Gasteiger partial charge < -0.3 is 9.47 Å². The molecule has 0 radical (unpaired) electrons. The van der Waals surface area contributed by atoms with E-state index in [9.17, 15) is 4.79 Å². The Balaban J connectivity index is 1.81. The van der Waals surface area contributed by atoms with Crippen molar-refractivity contribution < 1.29 is 14.3 Å². The summed E-state index contributed by atoms with van der Waals surface area (Å²) in [6.07, 6.45) is 0.752. The molecule has 0 aromatic heterocycles. The molecule has 31 heavy (non-hydrogen) atoms. The fourth-order valence-electron chi connectivity index (χ4n) is 4.15. The Morgan fingerprint density at radius 2 is 1.71 bits per heavy atom. The minimum atomic E-state index is -0.232. The highest BCUT2D eigenvalue weighted by molar-refractivity contribution is 6.30. The van der Waals surface area contributed by atoms with Gasteiger partial charge in [0.25, 0.3) is 5.91 Å². The highest BCUT2D eigenvalue weighted by Crippen LogP contribution is 2.42. The first-order chi connectivity index (χ1) is 15.0. The molecule has 1 amide bonds. The van der Waals surface area contributed by atoms with E-state index in [0.29, 0.717) is 22.1 Å². The number of hydrogen-bond donors (Lipinski definition) is 1. The molecule has 0 saturated heterocycles.